The summed E-state index contributed by atoms with van der Waals surface area (Å²) in [6.07, 6.45) is 3.03. The van der Waals surface area contributed by atoms with E-state index in [1.807, 2.05) is 18.2 Å². The molecule has 0 aliphatic carbocycles. The lowest BCUT2D eigenvalue weighted by atomic mass is 10.1. The highest BCUT2D eigenvalue weighted by Gasteiger charge is 1.98. The Morgan fingerprint density at radius 1 is 1.36 bits per heavy atom. The van der Waals surface area contributed by atoms with E-state index in [2.05, 4.69) is 18.2 Å². The minimum atomic E-state index is 0.643. The van der Waals surface area contributed by atoms with Crippen molar-refractivity contribution in [2.24, 2.45) is 5.73 Å². The number of hydrogen-bond donors (Lipinski definition) is 1. The SMILES string of the molecule is COC/C(=C/CCN)c1ccccc1. The van der Waals surface area contributed by atoms with Crippen molar-refractivity contribution in [3.05, 3.63) is 42.0 Å². The van der Waals surface area contributed by atoms with Gasteiger partial charge in [0.15, 0.2) is 0 Å². The van der Waals surface area contributed by atoms with Crippen LogP contribution < -0.4 is 5.73 Å². The average molecular weight is 191 g/mol. The van der Waals surface area contributed by atoms with Crippen LogP contribution in [-0.2, 0) is 4.74 Å². The smallest absolute Gasteiger partial charge is 0.0715 e. The maximum atomic E-state index is 5.47. The highest BCUT2D eigenvalue weighted by molar-refractivity contribution is 5.66. The molecule has 0 radical (unpaired) electrons. The van der Waals surface area contributed by atoms with E-state index in [1.165, 1.54) is 11.1 Å². The van der Waals surface area contributed by atoms with Gasteiger partial charge in [-0.05, 0) is 24.1 Å². The molecule has 1 aromatic rings. The predicted molar refractivity (Wildman–Crippen MR) is 60.0 cm³/mol. The summed E-state index contributed by atoms with van der Waals surface area (Å²) in [6, 6.07) is 10.2. The minimum Gasteiger partial charge on any atom is -0.380 e. The molecule has 0 aromatic heterocycles. The molecule has 0 amide bonds. The third-order valence-electron chi connectivity index (χ3n) is 2.00. The summed E-state index contributed by atoms with van der Waals surface area (Å²) in [5.74, 6) is 0. The van der Waals surface area contributed by atoms with Crippen LogP contribution in [0.4, 0.5) is 0 Å². The van der Waals surface area contributed by atoms with Crippen LogP contribution in [0, 0.1) is 0 Å². The van der Waals surface area contributed by atoms with Crippen molar-refractivity contribution < 1.29 is 4.74 Å². The van der Waals surface area contributed by atoms with Crippen molar-refractivity contribution in [2.45, 2.75) is 6.42 Å². The normalized spacial score (nSPS) is 11.7. The second-order valence-electron chi connectivity index (χ2n) is 3.11. The number of ether oxygens (including phenoxy) is 1. The van der Waals surface area contributed by atoms with Gasteiger partial charge in [-0.2, -0.15) is 0 Å². The molecule has 0 spiro atoms. The Hall–Kier alpha value is -1.12. The molecule has 2 nitrogen and oxygen atoms in total. The first-order valence-electron chi connectivity index (χ1n) is 4.82. The second kappa shape index (κ2) is 6.35. The van der Waals surface area contributed by atoms with E-state index in [9.17, 15) is 0 Å². The summed E-state index contributed by atoms with van der Waals surface area (Å²) in [6.45, 7) is 1.32. The van der Waals surface area contributed by atoms with E-state index in [1.54, 1.807) is 7.11 Å². The zero-order valence-corrected chi connectivity index (χ0v) is 8.57. The molecular formula is C12H17NO. The van der Waals surface area contributed by atoms with Gasteiger partial charge >= 0.3 is 0 Å². The van der Waals surface area contributed by atoms with Crippen LogP contribution >= 0.6 is 0 Å². The summed E-state index contributed by atoms with van der Waals surface area (Å²) >= 11 is 0. The topological polar surface area (TPSA) is 35.2 Å². The van der Waals surface area contributed by atoms with Crippen LogP contribution in [0.15, 0.2) is 36.4 Å². The lowest BCUT2D eigenvalue weighted by Crippen LogP contribution is -1.99. The summed E-state index contributed by atoms with van der Waals surface area (Å²) < 4.78 is 5.15. The molecule has 0 atom stereocenters. The number of methoxy groups -OCH3 is 1. The molecule has 0 saturated heterocycles. The first-order chi connectivity index (χ1) is 6.88. The van der Waals surface area contributed by atoms with Gasteiger partial charge < -0.3 is 10.5 Å². The molecule has 0 aliphatic rings. The Balaban J connectivity index is 2.77. The average Bonchev–Trinajstić information content (AvgIpc) is 2.25. The molecule has 0 aliphatic heterocycles. The van der Waals surface area contributed by atoms with Gasteiger partial charge in [-0.1, -0.05) is 36.4 Å². The molecule has 0 unspecified atom stereocenters. The lowest BCUT2D eigenvalue weighted by Gasteiger charge is -2.06. The standard InChI is InChI=1S/C12H17NO/c1-14-10-12(8-5-9-13)11-6-3-2-4-7-11/h2-4,6-8H,5,9-10,13H2,1H3/b12-8-. The zero-order valence-electron chi connectivity index (χ0n) is 8.57. The third-order valence-corrected chi connectivity index (χ3v) is 2.00. The van der Waals surface area contributed by atoms with Gasteiger partial charge in [-0.25, -0.2) is 0 Å². The molecular weight excluding hydrogens is 174 g/mol. The van der Waals surface area contributed by atoms with E-state index >= 15 is 0 Å². The van der Waals surface area contributed by atoms with E-state index in [4.69, 9.17) is 10.5 Å². The maximum absolute atomic E-state index is 5.47. The van der Waals surface area contributed by atoms with Crippen molar-refractivity contribution in [1.82, 2.24) is 0 Å². The van der Waals surface area contributed by atoms with Gasteiger partial charge in [0.05, 0.1) is 6.61 Å². The summed E-state index contributed by atoms with van der Waals surface area (Å²) in [5, 5.41) is 0. The Bertz CT molecular complexity index is 280. The Labute approximate surface area is 85.4 Å². The van der Waals surface area contributed by atoms with Crippen LogP contribution in [0.2, 0.25) is 0 Å². The fourth-order valence-corrected chi connectivity index (χ4v) is 1.33. The summed E-state index contributed by atoms with van der Waals surface area (Å²) in [4.78, 5) is 0. The number of benzene rings is 1. The van der Waals surface area contributed by atoms with Gasteiger partial charge in [-0.3, -0.25) is 0 Å². The highest BCUT2D eigenvalue weighted by atomic mass is 16.5. The molecule has 2 heteroatoms. The molecule has 1 aromatic carbocycles. The molecule has 0 heterocycles. The first kappa shape index (κ1) is 11.0. The van der Waals surface area contributed by atoms with Crippen LogP contribution in [0.25, 0.3) is 5.57 Å². The summed E-state index contributed by atoms with van der Waals surface area (Å²) in [7, 11) is 1.71. The molecule has 0 saturated carbocycles. The molecule has 2 N–H and O–H groups in total. The molecule has 76 valence electrons. The van der Waals surface area contributed by atoms with Gasteiger partial charge in [0.25, 0.3) is 0 Å². The Morgan fingerprint density at radius 3 is 2.64 bits per heavy atom. The fraction of sp³-hybridized carbons (Fsp3) is 0.333. The minimum absolute atomic E-state index is 0.643. The quantitative estimate of drug-likeness (QED) is 0.773. The van der Waals surface area contributed by atoms with Crippen LogP contribution in [-0.4, -0.2) is 20.3 Å². The van der Waals surface area contributed by atoms with Crippen molar-refractivity contribution in [1.29, 1.82) is 0 Å². The maximum Gasteiger partial charge on any atom is 0.0715 e. The van der Waals surface area contributed by atoms with Gasteiger partial charge in [0, 0.05) is 7.11 Å². The molecule has 0 fully saturated rings. The highest BCUT2D eigenvalue weighted by Crippen LogP contribution is 2.14. The lowest BCUT2D eigenvalue weighted by molar-refractivity contribution is 0.239. The molecule has 1 rings (SSSR count). The number of nitrogens with two attached hydrogens (primary N) is 1. The number of rotatable bonds is 5. The van der Waals surface area contributed by atoms with Crippen molar-refractivity contribution in [3.63, 3.8) is 0 Å². The summed E-state index contributed by atoms with van der Waals surface area (Å²) in [5.41, 5.74) is 7.88. The van der Waals surface area contributed by atoms with Crippen LogP contribution in [0.3, 0.4) is 0 Å². The van der Waals surface area contributed by atoms with Gasteiger partial charge in [-0.15, -0.1) is 0 Å². The number of hydrogen-bond acceptors (Lipinski definition) is 2. The van der Waals surface area contributed by atoms with E-state index in [-0.39, 0.29) is 0 Å². The van der Waals surface area contributed by atoms with E-state index in [0.717, 1.165) is 6.42 Å². The Kier molecular flexibility index (Phi) is 4.97. The molecule has 14 heavy (non-hydrogen) atoms. The van der Waals surface area contributed by atoms with Crippen LogP contribution in [0.1, 0.15) is 12.0 Å². The fourth-order valence-electron chi connectivity index (χ4n) is 1.33. The monoisotopic (exact) mass is 191 g/mol. The van der Waals surface area contributed by atoms with Gasteiger partial charge in [0.2, 0.25) is 0 Å². The Morgan fingerprint density at radius 2 is 2.07 bits per heavy atom. The van der Waals surface area contributed by atoms with Crippen molar-refractivity contribution in [3.8, 4) is 0 Å². The molecule has 0 bridgehead atoms. The van der Waals surface area contributed by atoms with Gasteiger partial charge in [0.1, 0.15) is 0 Å². The zero-order chi connectivity index (χ0) is 10.2. The van der Waals surface area contributed by atoms with Crippen molar-refractivity contribution >= 4 is 5.57 Å². The van der Waals surface area contributed by atoms with E-state index in [0.29, 0.717) is 13.2 Å². The largest absolute Gasteiger partial charge is 0.380 e. The second-order valence-corrected chi connectivity index (χ2v) is 3.11. The third kappa shape index (κ3) is 3.32. The van der Waals surface area contributed by atoms with E-state index < -0.39 is 0 Å². The predicted octanol–water partition coefficient (Wildman–Crippen LogP) is 2.07. The van der Waals surface area contributed by atoms with Crippen molar-refractivity contribution in [2.75, 3.05) is 20.3 Å². The first-order valence-corrected chi connectivity index (χ1v) is 4.82. The van der Waals surface area contributed by atoms with Crippen LogP contribution in [0.5, 0.6) is 0 Å².